The molecule has 1 aromatic heterocycles. The number of amides is 1. The summed E-state index contributed by atoms with van der Waals surface area (Å²) >= 11 is 0. The van der Waals surface area contributed by atoms with Gasteiger partial charge < -0.3 is 10.1 Å². The first kappa shape index (κ1) is 14.5. The van der Waals surface area contributed by atoms with Crippen LogP contribution < -0.4 is 5.32 Å². The van der Waals surface area contributed by atoms with E-state index < -0.39 is 6.09 Å². The highest BCUT2D eigenvalue weighted by Crippen LogP contribution is 2.00. The minimum absolute atomic E-state index is 0.262. The first-order chi connectivity index (χ1) is 10.3. The van der Waals surface area contributed by atoms with E-state index in [1.165, 1.54) is 0 Å². The second-order valence-corrected chi connectivity index (χ2v) is 4.13. The zero-order valence-corrected chi connectivity index (χ0v) is 11.5. The molecule has 1 aromatic carbocycles. The molecule has 0 radical (unpaired) electrons. The lowest BCUT2D eigenvalue weighted by molar-refractivity contribution is 0.140. The van der Waals surface area contributed by atoms with Gasteiger partial charge in [0.25, 0.3) is 0 Å². The maximum atomic E-state index is 11.4. The fourth-order valence-electron chi connectivity index (χ4n) is 1.52. The SMILES string of the molecule is O=C(NCCC#Cc1cnccn1)OCc1ccccc1. The van der Waals surface area contributed by atoms with Gasteiger partial charge in [-0.25, -0.2) is 9.78 Å². The Labute approximate surface area is 123 Å². The summed E-state index contributed by atoms with van der Waals surface area (Å²) in [6.07, 6.45) is 4.85. The van der Waals surface area contributed by atoms with E-state index in [0.29, 0.717) is 18.7 Å². The summed E-state index contributed by atoms with van der Waals surface area (Å²) in [5.41, 5.74) is 1.57. The lowest BCUT2D eigenvalue weighted by Crippen LogP contribution is -2.24. The van der Waals surface area contributed by atoms with Gasteiger partial charge in [-0.1, -0.05) is 36.3 Å². The average molecular weight is 281 g/mol. The molecule has 1 heterocycles. The van der Waals surface area contributed by atoms with E-state index in [2.05, 4.69) is 27.1 Å². The lowest BCUT2D eigenvalue weighted by Gasteiger charge is -2.05. The van der Waals surface area contributed by atoms with Crippen molar-refractivity contribution < 1.29 is 9.53 Å². The van der Waals surface area contributed by atoms with E-state index in [1.807, 2.05) is 30.3 Å². The van der Waals surface area contributed by atoms with E-state index >= 15 is 0 Å². The number of rotatable bonds is 4. The summed E-state index contributed by atoms with van der Waals surface area (Å²) in [5, 5.41) is 2.64. The van der Waals surface area contributed by atoms with Crippen LogP contribution in [0.25, 0.3) is 0 Å². The van der Waals surface area contributed by atoms with Gasteiger partial charge in [0.1, 0.15) is 12.3 Å². The van der Waals surface area contributed by atoms with Crippen LogP contribution in [-0.4, -0.2) is 22.6 Å². The summed E-state index contributed by atoms with van der Waals surface area (Å²) in [4.78, 5) is 19.4. The molecule has 1 amide bonds. The first-order valence-electron chi connectivity index (χ1n) is 6.54. The molecule has 0 aliphatic heterocycles. The highest BCUT2D eigenvalue weighted by Gasteiger charge is 2.00. The van der Waals surface area contributed by atoms with Gasteiger partial charge >= 0.3 is 6.09 Å². The van der Waals surface area contributed by atoms with Crippen LogP contribution in [0.3, 0.4) is 0 Å². The molecule has 0 bridgehead atoms. The Morgan fingerprint density at radius 2 is 2.10 bits per heavy atom. The van der Waals surface area contributed by atoms with Crippen LogP contribution >= 0.6 is 0 Å². The average Bonchev–Trinajstić information content (AvgIpc) is 2.54. The van der Waals surface area contributed by atoms with Gasteiger partial charge in [-0.2, -0.15) is 0 Å². The molecule has 5 heteroatoms. The van der Waals surface area contributed by atoms with Crippen LogP contribution in [0.5, 0.6) is 0 Å². The van der Waals surface area contributed by atoms with E-state index in [1.54, 1.807) is 18.6 Å². The molecule has 0 spiro atoms. The minimum Gasteiger partial charge on any atom is -0.445 e. The monoisotopic (exact) mass is 281 g/mol. The van der Waals surface area contributed by atoms with Crippen LogP contribution in [-0.2, 0) is 11.3 Å². The molecule has 1 N–H and O–H groups in total. The van der Waals surface area contributed by atoms with Gasteiger partial charge in [0.05, 0.1) is 6.20 Å². The summed E-state index contributed by atoms with van der Waals surface area (Å²) in [6, 6.07) is 9.52. The number of benzene rings is 1. The number of hydrogen-bond acceptors (Lipinski definition) is 4. The number of aromatic nitrogens is 2. The van der Waals surface area contributed by atoms with Crippen molar-refractivity contribution in [2.45, 2.75) is 13.0 Å². The summed E-state index contributed by atoms with van der Waals surface area (Å²) in [6.45, 7) is 0.693. The predicted molar refractivity (Wildman–Crippen MR) is 78.2 cm³/mol. The van der Waals surface area contributed by atoms with E-state index in [0.717, 1.165) is 5.56 Å². The van der Waals surface area contributed by atoms with Crippen molar-refractivity contribution in [2.24, 2.45) is 0 Å². The van der Waals surface area contributed by atoms with E-state index in [9.17, 15) is 4.79 Å². The quantitative estimate of drug-likeness (QED) is 0.689. The summed E-state index contributed by atoms with van der Waals surface area (Å²) < 4.78 is 5.07. The van der Waals surface area contributed by atoms with Crippen molar-refractivity contribution >= 4 is 6.09 Å². The normalized spacial score (nSPS) is 9.33. The smallest absolute Gasteiger partial charge is 0.407 e. The Balaban J connectivity index is 1.63. The minimum atomic E-state index is -0.444. The zero-order valence-electron chi connectivity index (χ0n) is 11.5. The Bertz CT molecular complexity index is 618. The number of hydrogen-bond donors (Lipinski definition) is 1. The summed E-state index contributed by atoms with van der Waals surface area (Å²) in [7, 11) is 0. The second kappa shape index (κ2) is 8.33. The van der Waals surface area contributed by atoms with Gasteiger partial charge in [-0.3, -0.25) is 4.98 Å². The van der Waals surface area contributed by atoms with Crippen LogP contribution in [0, 0.1) is 11.8 Å². The van der Waals surface area contributed by atoms with Gasteiger partial charge in [-0.15, -0.1) is 0 Å². The number of nitrogens with one attached hydrogen (secondary N) is 1. The number of ether oxygens (including phenoxy) is 1. The summed E-state index contributed by atoms with van der Waals surface area (Å²) in [5.74, 6) is 5.77. The zero-order chi connectivity index (χ0) is 14.8. The Morgan fingerprint density at radius 1 is 1.24 bits per heavy atom. The van der Waals surface area contributed by atoms with Gasteiger partial charge in [0, 0.05) is 25.4 Å². The predicted octanol–water partition coefficient (Wildman–Crippen LogP) is 2.14. The van der Waals surface area contributed by atoms with E-state index in [-0.39, 0.29) is 6.61 Å². The topological polar surface area (TPSA) is 64.1 Å². The van der Waals surface area contributed by atoms with E-state index in [4.69, 9.17) is 4.74 Å². The van der Waals surface area contributed by atoms with Crippen molar-refractivity contribution in [1.29, 1.82) is 0 Å². The number of carbonyl (C=O) groups excluding carboxylic acids is 1. The molecule has 5 nitrogen and oxygen atoms in total. The Kier molecular flexibility index (Phi) is 5.77. The largest absolute Gasteiger partial charge is 0.445 e. The lowest BCUT2D eigenvalue weighted by atomic mass is 10.2. The van der Waals surface area contributed by atoms with Gasteiger partial charge in [0.2, 0.25) is 0 Å². The Hall–Kier alpha value is -2.87. The first-order valence-corrected chi connectivity index (χ1v) is 6.54. The molecule has 2 aromatic rings. The van der Waals surface area contributed by atoms with Crippen LogP contribution in [0.15, 0.2) is 48.9 Å². The van der Waals surface area contributed by atoms with Crippen molar-refractivity contribution in [3.63, 3.8) is 0 Å². The molecule has 0 fully saturated rings. The molecule has 106 valence electrons. The molecule has 2 rings (SSSR count). The third-order valence-electron chi connectivity index (χ3n) is 2.51. The molecule has 0 aliphatic rings. The fraction of sp³-hybridized carbons (Fsp3) is 0.188. The van der Waals surface area contributed by atoms with Crippen molar-refractivity contribution in [1.82, 2.24) is 15.3 Å². The molecule has 0 saturated carbocycles. The molecule has 0 saturated heterocycles. The molecule has 0 unspecified atom stereocenters. The molecule has 21 heavy (non-hydrogen) atoms. The number of carbonyl (C=O) groups is 1. The fourth-order valence-corrected chi connectivity index (χ4v) is 1.52. The highest BCUT2D eigenvalue weighted by atomic mass is 16.5. The van der Waals surface area contributed by atoms with Gasteiger partial charge in [0.15, 0.2) is 0 Å². The maximum Gasteiger partial charge on any atom is 0.407 e. The third-order valence-corrected chi connectivity index (χ3v) is 2.51. The molecule has 0 atom stereocenters. The number of nitrogens with zero attached hydrogens (tertiary/aromatic N) is 2. The highest BCUT2D eigenvalue weighted by molar-refractivity contribution is 5.67. The molecular weight excluding hydrogens is 266 g/mol. The Morgan fingerprint density at radius 3 is 2.86 bits per heavy atom. The second-order valence-electron chi connectivity index (χ2n) is 4.13. The molecular formula is C16H15N3O2. The van der Waals surface area contributed by atoms with Crippen LogP contribution in [0.4, 0.5) is 4.79 Å². The van der Waals surface area contributed by atoms with Crippen LogP contribution in [0.1, 0.15) is 17.7 Å². The molecule has 0 aliphatic carbocycles. The van der Waals surface area contributed by atoms with Crippen molar-refractivity contribution in [3.8, 4) is 11.8 Å². The van der Waals surface area contributed by atoms with Crippen molar-refractivity contribution in [3.05, 3.63) is 60.2 Å². The third kappa shape index (κ3) is 5.74. The standard InChI is InChI=1S/C16H15N3O2/c20-16(21-13-14-6-2-1-3-7-14)19-9-5-4-8-15-12-17-10-11-18-15/h1-3,6-7,10-12H,5,9,13H2,(H,19,20). The number of alkyl carbamates (subject to hydrolysis) is 1. The van der Waals surface area contributed by atoms with Gasteiger partial charge in [-0.05, 0) is 11.5 Å². The van der Waals surface area contributed by atoms with Crippen LogP contribution in [0.2, 0.25) is 0 Å². The maximum absolute atomic E-state index is 11.4. The van der Waals surface area contributed by atoms with Crippen molar-refractivity contribution in [2.75, 3.05) is 6.54 Å².